The number of nitrogens with two attached hydrogens (primary N) is 1. The summed E-state index contributed by atoms with van der Waals surface area (Å²) >= 11 is 8.11. The van der Waals surface area contributed by atoms with Crippen LogP contribution < -0.4 is 5.73 Å². The van der Waals surface area contributed by atoms with E-state index in [-0.39, 0.29) is 5.95 Å². The molecule has 2 aromatic carbocycles. The highest BCUT2D eigenvalue weighted by Crippen LogP contribution is 2.39. The number of nitrogens with zero attached hydrogens (tertiary/aromatic N) is 3. The second kappa shape index (κ2) is 9.23. The molecule has 0 atom stereocenters. The SMILES string of the molecule is COCCOCCSc1nc(N)nc(-c2c(Cl)cc3c4c(cccc24)COC3)n1. The first-order valence-electron chi connectivity index (χ1n) is 9.19. The van der Waals surface area contributed by atoms with Crippen LogP contribution in [0.4, 0.5) is 5.95 Å². The molecule has 9 heteroatoms. The Morgan fingerprint density at radius 3 is 2.86 bits per heavy atom. The van der Waals surface area contributed by atoms with E-state index in [1.807, 2.05) is 18.2 Å². The predicted octanol–water partition coefficient (Wildman–Crippen LogP) is 3.71. The van der Waals surface area contributed by atoms with Gasteiger partial charge in [0, 0.05) is 18.4 Å². The molecule has 29 heavy (non-hydrogen) atoms. The Morgan fingerprint density at radius 1 is 1.14 bits per heavy atom. The molecule has 0 aliphatic carbocycles. The molecule has 0 unspecified atom stereocenters. The molecule has 1 aliphatic heterocycles. The van der Waals surface area contributed by atoms with Gasteiger partial charge in [0.15, 0.2) is 11.0 Å². The molecule has 0 amide bonds. The normalized spacial score (nSPS) is 13.2. The van der Waals surface area contributed by atoms with Crippen LogP contribution in [0.5, 0.6) is 0 Å². The highest BCUT2D eigenvalue weighted by atomic mass is 35.5. The Balaban J connectivity index is 1.65. The van der Waals surface area contributed by atoms with Gasteiger partial charge >= 0.3 is 0 Å². The largest absolute Gasteiger partial charge is 0.382 e. The van der Waals surface area contributed by atoms with Gasteiger partial charge < -0.3 is 19.9 Å². The second-order valence-electron chi connectivity index (χ2n) is 6.48. The molecule has 152 valence electrons. The van der Waals surface area contributed by atoms with E-state index in [2.05, 4.69) is 21.0 Å². The van der Waals surface area contributed by atoms with Crippen LogP contribution in [0, 0.1) is 0 Å². The lowest BCUT2D eigenvalue weighted by Gasteiger charge is -2.20. The zero-order valence-corrected chi connectivity index (χ0v) is 17.6. The third kappa shape index (κ3) is 4.46. The van der Waals surface area contributed by atoms with Crippen molar-refractivity contribution in [1.82, 2.24) is 15.0 Å². The smallest absolute Gasteiger partial charge is 0.224 e. The number of anilines is 1. The van der Waals surface area contributed by atoms with Gasteiger partial charge in [-0.15, -0.1) is 0 Å². The van der Waals surface area contributed by atoms with Gasteiger partial charge in [0.05, 0.1) is 38.1 Å². The van der Waals surface area contributed by atoms with Crippen LogP contribution in [0.15, 0.2) is 29.4 Å². The van der Waals surface area contributed by atoms with Crippen molar-refractivity contribution >= 4 is 40.1 Å². The number of benzene rings is 2. The van der Waals surface area contributed by atoms with Crippen molar-refractivity contribution in [2.45, 2.75) is 18.4 Å². The fourth-order valence-corrected chi connectivity index (χ4v) is 4.34. The molecule has 2 N–H and O–H groups in total. The molecule has 3 aromatic rings. The van der Waals surface area contributed by atoms with Gasteiger partial charge in [0.2, 0.25) is 5.95 Å². The zero-order valence-electron chi connectivity index (χ0n) is 16.0. The van der Waals surface area contributed by atoms with E-state index in [1.165, 1.54) is 11.8 Å². The lowest BCUT2D eigenvalue weighted by molar-refractivity contribution is 0.0790. The first-order chi connectivity index (χ1) is 14.2. The molecular weight excluding hydrogens is 412 g/mol. The van der Waals surface area contributed by atoms with Gasteiger partial charge in [-0.05, 0) is 28.0 Å². The van der Waals surface area contributed by atoms with E-state index in [9.17, 15) is 0 Å². The Bertz CT molecular complexity index is 1030. The van der Waals surface area contributed by atoms with Crippen LogP contribution in [-0.4, -0.2) is 47.6 Å². The maximum Gasteiger partial charge on any atom is 0.224 e. The predicted molar refractivity (Wildman–Crippen MR) is 114 cm³/mol. The Hall–Kier alpha value is -1.97. The Kier molecular flexibility index (Phi) is 6.46. The number of rotatable bonds is 8. The van der Waals surface area contributed by atoms with Gasteiger partial charge in [-0.25, -0.2) is 4.98 Å². The van der Waals surface area contributed by atoms with Crippen molar-refractivity contribution in [3.8, 4) is 11.4 Å². The van der Waals surface area contributed by atoms with Crippen molar-refractivity contribution in [2.75, 3.05) is 38.4 Å². The highest BCUT2D eigenvalue weighted by molar-refractivity contribution is 7.99. The Labute approximate surface area is 177 Å². The number of hydrogen-bond donors (Lipinski definition) is 1. The number of nitrogen functional groups attached to an aromatic ring is 1. The van der Waals surface area contributed by atoms with E-state index in [0.717, 1.165) is 27.5 Å². The molecule has 0 radical (unpaired) electrons. The third-order valence-electron chi connectivity index (χ3n) is 4.54. The summed E-state index contributed by atoms with van der Waals surface area (Å²) in [5, 5.41) is 3.26. The summed E-state index contributed by atoms with van der Waals surface area (Å²) < 4.78 is 16.1. The van der Waals surface area contributed by atoms with E-state index in [4.69, 9.17) is 31.5 Å². The fraction of sp³-hybridized carbons (Fsp3) is 0.350. The van der Waals surface area contributed by atoms with Crippen molar-refractivity contribution in [3.63, 3.8) is 0 Å². The average Bonchev–Trinajstić information content (AvgIpc) is 2.70. The molecule has 0 bridgehead atoms. The summed E-state index contributed by atoms with van der Waals surface area (Å²) in [5.74, 6) is 1.33. The summed E-state index contributed by atoms with van der Waals surface area (Å²) in [7, 11) is 1.65. The highest BCUT2D eigenvalue weighted by Gasteiger charge is 2.20. The minimum absolute atomic E-state index is 0.165. The summed E-state index contributed by atoms with van der Waals surface area (Å²) in [6, 6.07) is 8.02. The van der Waals surface area contributed by atoms with Crippen LogP contribution in [0.3, 0.4) is 0 Å². The maximum atomic E-state index is 6.64. The Morgan fingerprint density at radius 2 is 2.00 bits per heavy atom. The summed E-state index contributed by atoms with van der Waals surface area (Å²) in [6.45, 7) is 2.81. The third-order valence-corrected chi connectivity index (χ3v) is 5.65. The zero-order chi connectivity index (χ0) is 20.2. The minimum Gasteiger partial charge on any atom is -0.382 e. The lowest BCUT2D eigenvalue weighted by atomic mass is 9.94. The monoisotopic (exact) mass is 432 g/mol. The lowest BCUT2D eigenvalue weighted by Crippen LogP contribution is -2.07. The topological polar surface area (TPSA) is 92.4 Å². The standard InChI is InChI=1S/C20H21ClN4O3S/c1-26-5-6-27-7-8-29-20-24-18(23-19(22)25-20)17-14-4-2-3-12-10-28-11-13(16(12)14)9-15(17)21/h2-4,9H,5-8,10-11H2,1H3,(H2,22,23,24,25). The van der Waals surface area contributed by atoms with Crippen LogP contribution >= 0.6 is 23.4 Å². The average molecular weight is 433 g/mol. The number of aromatic nitrogens is 3. The van der Waals surface area contributed by atoms with E-state index < -0.39 is 0 Å². The van der Waals surface area contributed by atoms with Gasteiger partial charge in [-0.1, -0.05) is 41.6 Å². The fourth-order valence-electron chi connectivity index (χ4n) is 3.33. The second-order valence-corrected chi connectivity index (χ2v) is 7.95. The van der Waals surface area contributed by atoms with Gasteiger partial charge in [-0.2, -0.15) is 9.97 Å². The maximum absolute atomic E-state index is 6.64. The van der Waals surface area contributed by atoms with Crippen molar-refractivity contribution in [2.24, 2.45) is 0 Å². The molecule has 1 aliphatic rings. The van der Waals surface area contributed by atoms with Crippen LogP contribution in [0.1, 0.15) is 11.1 Å². The number of ether oxygens (including phenoxy) is 3. The molecular formula is C20H21ClN4O3S. The first-order valence-corrected chi connectivity index (χ1v) is 10.6. The molecule has 4 rings (SSSR count). The van der Waals surface area contributed by atoms with Crippen molar-refractivity contribution in [1.29, 1.82) is 0 Å². The van der Waals surface area contributed by atoms with Crippen molar-refractivity contribution < 1.29 is 14.2 Å². The van der Waals surface area contributed by atoms with E-state index in [0.29, 0.717) is 54.8 Å². The van der Waals surface area contributed by atoms with E-state index in [1.54, 1.807) is 7.11 Å². The van der Waals surface area contributed by atoms with Crippen LogP contribution in [0.25, 0.3) is 22.2 Å². The quantitative estimate of drug-likeness (QED) is 0.425. The van der Waals surface area contributed by atoms with Gasteiger partial charge in [-0.3, -0.25) is 0 Å². The minimum atomic E-state index is 0.165. The summed E-state index contributed by atoms with van der Waals surface area (Å²) in [5.41, 5.74) is 8.94. The van der Waals surface area contributed by atoms with E-state index >= 15 is 0 Å². The van der Waals surface area contributed by atoms with Gasteiger partial charge in [0.25, 0.3) is 0 Å². The van der Waals surface area contributed by atoms with Crippen LogP contribution in [0.2, 0.25) is 5.02 Å². The number of halogens is 1. The number of hydrogen-bond acceptors (Lipinski definition) is 8. The molecule has 0 saturated carbocycles. The van der Waals surface area contributed by atoms with Crippen molar-refractivity contribution in [3.05, 3.63) is 40.4 Å². The summed E-state index contributed by atoms with van der Waals surface area (Å²) in [4.78, 5) is 13.2. The molecule has 1 aromatic heterocycles. The van der Waals surface area contributed by atoms with Gasteiger partial charge in [0.1, 0.15) is 0 Å². The molecule has 0 saturated heterocycles. The molecule has 7 nitrogen and oxygen atoms in total. The number of thioether (sulfide) groups is 1. The number of methoxy groups -OCH3 is 1. The first kappa shape index (κ1) is 20.3. The molecule has 0 fully saturated rings. The molecule has 2 heterocycles. The summed E-state index contributed by atoms with van der Waals surface area (Å²) in [6.07, 6.45) is 0. The van der Waals surface area contributed by atoms with Crippen LogP contribution in [-0.2, 0) is 27.4 Å². The molecule has 0 spiro atoms.